The van der Waals surface area contributed by atoms with Gasteiger partial charge in [0.05, 0.1) is 6.61 Å². The van der Waals surface area contributed by atoms with E-state index in [0.717, 1.165) is 5.56 Å². The van der Waals surface area contributed by atoms with Gasteiger partial charge in [0.2, 0.25) is 10.7 Å². The Labute approximate surface area is 172 Å². The van der Waals surface area contributed by atoms with Crippen molar-refractivity contribution in [3.8, 4) is 11.4 Å². The lowest BCUT2D eigenvalue weighted by molar-refractivity contribution is -0.219. The van der Waals surface area contributed by atoms with Gasteiger partial charge in [-0.25, -0.2) is 4.68 Å². The fourth-order valence-corrected chi connectivity index (χ4v) is 3.68. The van der Waals surface area contributed by atoms with Crippen LogP contribution in [0.3, 0.4) is 0 Å². The van der Waals surface area contributed by atoms with Gasteiger partial charge in [0.15, 0.2) is 12.1 Å². The maximum absolute atomic E-state index is 11.7. The average molecular weight is 420 g/mol. The number of benzene rings is 1. The van der Waals surface area contributed by atoms with E-state index in [1.54, 1.807) is 10.6 Å². The number of nitrogens with zero attached hydrogens (tertiary/aromatic N) is 3. The summed E-state index contributed by atoms with van der Waals surface area (Å²) in [6, 6.07) is 8.36. The van der Waals surface area contributed by atoms with Gasteiger partial charge in [-0.2, -0.15) is 0 Å². The Hall–Kier alpha value is -2.37. The standard InChI is InChI=1S/C19H24N4O5S/c1-3-9-22-17(12-7-5-4-6-8-12)21-23(19(22)29)18-14(20-11(2)25)16(27)15(26)13(10-24)28-18/h3-8,13-16,18,24,26-27H,1,9-10H2,2H3,(H,20,25)/t13-,14-,15+,16+,18-/m1/s1. The number of carbonyl (C=O) groups is 1. The zero-order valence-electron chi connectivity index (χ0n) is 15.9. The fourth-order valence-electron chi connectivity index (χ4n) is 3.37. The maximum atomic E-state index is 11.7. The summed E-state index contributed by atoms with van der Waals surface area (Å²) in [5.41, 5.74) is 0.811. The molecule has 1 saturated heterocycles. The van der Waals surface area contributed by atoms with Crippen molar-refractivity contribution in [3.05, 3.63) is 47.8 Å². The van der Waals surface area contributed by atoms with Crippen molar-refractivity contribution in [2.75, 3.05) is 6.61 Å². The molecule has 0 saturated carbocycles. The minimum atomic E-state index is -1.39. The molecule has 10 heteroatoms. The van der Waals surface area contributed by atoms with E-state index in [-0.39, 0.29) is 4.77 Å². The largest absolute Gasteiger partial charge is 0.394 e. The first-order valence-electron chi connectivity index (χ1n) is 9.14. The second-order valence-corrected chi connectivity index (χ2v) is 7.14. The van der Waals surface area contributed by atoms with E-state index in [9.17, 15) is 20.1 Å². The van der Waals surface area contributed by atoms with Crippen LogP contribution in [0.5, 0.6) is 0 Å². The maximum Gasteiger partial charge on any atom is 0.217 e. The molecule has 1 amide bonds. The highest BCUT2D eigenvalue weighted by Gasteiger charge is 2.46. The van der Waals surface area contributed by atoms with Gasteiger partial charge in [0.1, 0.15) is 24.4 Å². The van der Waals surface area contributed by atoms with E-state index in [1.165, 1.54) is 11.6 Å². The van der Waals surface area contributed by atoms with Gasteiger partial charge >= 0.3 is 0 Å². The summed E-state index contributed by atoms with van der Waals surface area (Å²) in [6.45, 7) is 4.91. The van der Waals surface area contributed by atoms with Crippen molar-refractivity contribution in [3.63, 3.8) is 0 Å². The topological polar surface area (TPSA) is 122 Å². The van der Waals surface area contributed by atoms with Crippen molar-refractivity contribution in [1.82, 2.24) is 19.7 Å². The fraction of sp³-hybridized carbons (Fsp3) is 0.421. The Morgan fingerprint density at radius 2 is 2.03 bits per heavy atom. The number of amides is 1. The van der Waals surface area contributed by atoms with E-state index < -0.39 is 43.1 Å². The number of ether oxygens (including phenoxy) is 1. The highest BCUT2D eigenvalue weighted by Crippen LogP contribution is 2.30. The monoisotopic (exact) mass is 420 g/mol. The predicted molar refractivity (Wildman–Crippen MR) is 107 cm³/mol. The SMILES string of the molecule is C=CCn1c(-c2ccccc2)nn([C@@H]2O[C@H](CO)[C@H](O)[C@@H](O)[C@H]2NC(C)=O)c1=S. The predicted octanol–water partition coefficient (Wildman–Crippen LogP) is 0.383. The van der Waals surface area contributed by atoms with Gasteiger partial charge in [-0.05, 0) is 12.2 Å². The van der Waals surface area contributed by atoms with Gasteiger partial charge in [-0.1, -0.05) is 36.4 Å². The third-order valence-corrected chi connectivity index (χ3v) is 5.15. The van der Waals surface area contributed by atoms with Crippen LogP contribution in [-0.2, 0) is 16.1 Å². The Balaban J connectivity index is 2.12. The van der Waals surface area contributed by atoms with E-state index in [4.69, 9.17) is 17.0 Å². The minimum absolute atomic E-state index is 0.282. The molecule has 3 rings (SSSR count). The van der Waals surface area contributed by atoms with E-state index in [1.807, 2.05) is 30.3 Å². The summed E-state index contributed by atoms with van der Waals surface area (Å²) in [5, 5.41) is 37.5. The molecule has 0 bridgehead atoms. The molecule has 2 aromatic rings. The lowest BCUT2D eigenvalue weighted by atomic mass is 9.96. The summed E-state index contributed by atoms with van der Waals surface area (Å²) in [5.74, 6) is 0.138. The molecule has 1 aliphatic rings. The zero-order chi connectivity index (χ0) is 21.1. The molecule has 1 fully saturated rings. The second-order valence-electron chi connectivity index (χ2n) is 6.77. The van der Waals surface area contributed by atoms with Crippen LogP contribution in [0.25, 0.3) is 11.4 Å². The summed E-state index contributed by atoms with van der Waals surface area (Å²) < 4.78 is 9.20. The second kappa shape index (κ2) is 8.97. The van der Waals surface area contributed by atoms with Crippen molar-refractivity contribution in [1.29, 1.82) is 0 Å². The third-order valence-electron chi connectivity index (χ3n) is 4.74. The van der Waals surface area contributed by atoms with Gasteiger partial charge in [0, 0.05) is 19.0 Å². The molecule has 156 valence electrons. The van der Waals surface area contributed by atoms with E-state index >= 15 is 0 Å². The summed E-state index contributed by atoms with van der Waals surface area (Å²) in [7, 11) is 0. The Kier molecular flexibility index (Phi) is 6.60. The first-order valence-corrected chi connectivity index (χ1v) is 9.55. The number of aromatic nitrogens is 3. The van der Waals surface area contributed by atoms with Gasteiger partial charge in [-0.3, -0.25) is 9.36 Å². The van der Waals surface area contributed by atoms with Gasteiger partial charge < -0.3 is 25.4 Å². The highest BCUT2D eigenvalue weighted by atomic mass is 32.1. The smallest absolute Gasteiger partial charge is 0.217 e. The normalized spacial score (nSPS) is 26.8. The molecule has 9 nitrogen and oxygen atoms in total. The van der Waals surface area contributed by atoms with E-state index in [2.05, 4.69) is 17.0 Å². The summed E-state index contributed by atoms with van der Waals surface area (Å²) >= 11 is 5.58. The van der Waals surface area contributed by atoms with Crippen molar-refractivity contribution < 1.29 is 24.9 Å². The van der Waals surface area contributed by atoms with Crippen molar-refractivity contribution in [2.45, 2.75) is 44.1 Å². The summed E-state index contributed by atoms with van der Waals surface area (Å²) in [6.07, 6.45) is -3.19. The molecule has 0 radical (unpaired) electrons. The van der Waals surface area contributed by atoms with Crippen molar-refractivity contribution in [2.24, 2.45) is 0 Å². The number of hydrogen-bond acceptors (Lipinski definition) is 7. The third kappa shape index (κ3) is 4.16. The molecule has 2 heterocycles. The van der Waals surface area contributed by atoms with Gasteiger partial charge in [0.25, 0.3) is 0 Å². The molecule has 29 heavy (non-hydrogen) atoms. The Morgan fingerprint density at radius 3 is 2.62 bits per heavy atom. The number of allylic oxidation sites excluding steroid dienone is 1. The number of rotatable bonds is 6. The van der Waals surface area contributed by atoms with Crippen LogP contribution in [0.4, 0.5) is 0 Å². The Bertz CT molecular complexity index is 928. The molecule has 0 aliphatic carbocycles. The number of aliphatic hydroxyl groups is 3. The van der Waals surface area contributed by atoms with Crippen LogP contribution in [0.2, 0.25) is 0 Å². The number of aliphatic hydroxyl groups excluding tert-OH is 3. The Morgan fingerprint density at radius 1 is 1.34 bits per heavy atom. The molecular formula is C19H24N4O5S. The van der Waals surface area contributed by atoms with Gasteiger partial charge in [-0.15, -0.1) is 11.7 Å². The minimum Gasteiger partial charge on any atom is -0.394 e. The number of carbonyl (C=O) groups excluding carboxylic acids is 1. The van der Waals surface area contributed by atoms with Crippen LogP contribution in [-0.4, -0.2) is 66.5 Å². The molecular weight excluding hydrogens is 396 g/mol. The molecule has 1 aromatic carbocycles. The van der Waals surface area contributed by atoms with Crippen LogP contribution in [0.1, 0.15) is 13.2 Å². The summed E-state index contributed by atoms with van der Waals surface area (Å²) in [4.78, 5) is 11.7. The molecule has 0 spiro atoms. The van der Waals surface area contributed by atoms with Crippen LogP contribution >= 0.6 is 12.2 Å². The highest BCUT2D eigenvalue weighted by molar-refractivity contribution is 7.71. The first-order chi connectivity index (χ1) is 13.9. The quantitative estimate of drug-likeness (QED) is 0.394. The number of hydrogen-bond donors (Lipinski definition) is 4. The first kappa shape index (κ1) is 21.3. The number of nitrogens with one attached hydrogen (secondary N) is 1. The molecule has 5 atom stereocenters. The molecule has 1 aromatic heterocycles. The lowest BCUT2D eigenvalue weighted by Crippen LogP contribution is -2.62. The zero-order valence-corrected chi connectivity index (χ0v) is 16.7. The van der Waals surface area contributed by atoms with Crippen LogP contribution in [0.15, 0.2) is 43.0 Å². The van der Waals surface area contributed by atoms with Crippen LogP contribution in [0, 0.1) is 4.77 Å². The van der Waals surface area contributed by atoms with Crippen molar-refractivity contribution >= 4 is 18.1 Å². The average Bonchev–Trinajstić information content (AvgIpc) is 3.03. The van der Waals surface area contributed by atoms with Crippen LogP contribution < -0.4 is 5.32 Å². The molecule has 4 N–H and O–H groups in total. The van der Waals surface area contributed by atoms with E-state index in [0.29, 0.717) is 12.4 Å². The molecule has 0 unspecified atom stereocenters. The molecule has 1 aliphatic heterocycles. The lowest BCUT2D eigenvalue weighted by Gasteiger charge is -2.42.